The van der Waals surface area contributed by atoms with Crippen LogP contribution in [0, 0.1) is 11.6 Å². The van der Waals surface area contributed by atoms with Gasteiger partial charge in [-0.05, 0) is 54.8 Å². The lowest BCUT2D eigenvalue weighted by Gasteiger charge is -2.23. The first kappa shape index (κ1) is 21.6. The van der Waals surface area contributed by atoms with Crippen LogP contribution in [0.3, 0.4) is 0 Å². The first-order chi connectivity index (χ1) is 13.2. The van der Waals surface area contributed by atoms with Gasteiger partial charge in [0.1, 0.15) is 11.6 Å². The van der Waals surface area contributed by atoms with Crippen molar-refractivity contribution in [1.29, 1.82) is 0 Å². The summed E-state index contributed by atoms with van der Waals surface area (Å²) in [6, 6.07) is 7.73. The summed E-state index contributed by atoms with van der Waals surface area (Å²) in [5.74, 6) is -1.67. The average molecular weight is 444 g/mol. The highest BCUT2D eigenvalue weighted by Crippen LogP contribution is 2.46. The third kappa shape index (κ3) is 3.85. The van der Waals surface area contributed by atoms with Gasteiger partial charge in [-0.25, -0.2) is 25.6 Å². The van der Waals surface area contributed by atoms with Crippen LogP contribution in [0.15, 0.2) is 47.4 Å². The molecule has 1 N–H and O–H groups in total. The van der Waals surface area contributed by atoms with Crippen molar-refractivity contribution in [3.05, 3.63) is 65.2 Å². The lowest BCUT2D eigenvalue weighted by molar-refractivity contribution is -0.101. The molecule has 0 radical (unpaired) electrons. The fourth-order valence-corrected chi connectivity index (χ4v) is 5.51. The predicted molar refractivity (Wildman–Crippen MR) is 103 cm³/mol. The van der Waals surface area contributed by atoms with Crippen LogP contribution in [0.2, 0.25) is 0 Å². The van der Waals surface area contributed by atoms with E-state index in [4.69, 9.17) is 4.74 Å². The maximum atomic E-state index is 13.7. The Kier molecular flexibility index (Phi) is 5.19. The van der Waals surface area contributed by atoms with E-state index in [1.54, 1.807) is 13.8 Å². The van der Waals surface area contributed by atoms with Crippen LogP contribution < -0.4 is 0 Å². The van der Waals surface area contributed by atoms with Crippen LogP contribution in [0.1, 0.15) is 25.0 Å². The van der Waals surface area contributed by atoms with Crippen molar-refractivity contribution in [3.63, 3.8) is 0 Å². The summed E-state index contributed by atoms with van der Waals surface area (Å²) in [4.78, 5) is -0.417. The topological polar surface area (TPSA) is 97.7 Å². The van der Waals surface area contributed by atoms with Gasteiger partial charge >= 0.3 is 0 Å². The van der Waals surface area contributed by atoms with Crippen LogP contribution in [0.5, 0.6) is 0 Å². The Morgan fingerprint density at radius 3 is 1.93 bits per heavy atom. The minimum absolute atomic E-state index is 0.0726. The molecule has 0 bridgehead atoms. The summed E-state index contributed by atoms with van der Waals surface area (Å²) >= 11 is 0. The molecular weight excluding hydrogens is 426 g/mol. The molecule has 2 aromatic carbocycles. The summed E-state index contributed by atoms with van der Waals surface area (Å²) < 4.78 is 80.2. The summed E-state index contributed by atoms with van der Waals surface area (Å²) in [5, 5.41) is 10.4. The molecule has 0 aliphatic carbocycles. The van der Waals surface area contributed by atoms with E-state index in [-0.39, 0.29) is 11.1 Å². The molecule has 1 atom stereocenters. The maximum Gasteiger partial charge on any atom is 0.281 e. The van der Waals surface area contributed by atoms with Crippen molar-refractivity contribution in [2.45, 2.75) is 30.6 Å². The van der Waals surface area contributed by atoms with Crippen LogP contribution in [-0.2, 0) is 22.5 Å². The number of hydrogen-bond acceptors (Lipinski definition) is 6. The van der Waals surface area contributed by atoms with E-state index < -0.39 is 46.2 Å². The highest BCUT2D eigenvalue weighted by atomic mass is 33.2. The predicted octanol–water partition coefficient (Wildman–Crippen LogP) is 2.74. The Morgan fingerprint density at radius 1 is 0.931 bits per heavy atom. The highest BCUT2D eigenvalue weighted by molar-refractivity contribution is 8.66. The minimum Gasteiger partial charge on any atom is -0.364 e. The molecular formula is C19H18F2O6S2. The number of aliphatic hydroxyl groups is 1. The molecule has 0 saturated carbocycles. The number of ether oxygens (including phenoxy) is 1. The second-order valence-corrected chi connectivity index (χ2v) is 13.0. The third-order valence-corrected chi connectivity index (χ3v) is 9.14. The zero-order chi connectivity index (χ0) is 21.8. The van der Waals surface area contributed by atoms with Crippen LogP contribution in [-0.4, -0.2) is 40.1 Å². The smallest absolute Gasteiger partial charge is 0.281 e. The van der Waals surface area contributed by atoms with Gasteiger partial charge in [0.25, 0.3) is 17.7 Å². The van der Waals surface area contributed by atoms with Crippen molar-refractivity contribution >= 4 is 28.9 Å². The molecule has 0 fully saturated rings. The molecule has 3 rings (SSSR count). The number of rotatable bonds is 4. The molecule has 0 amide bonds. The molecule has 0 spiro atoms. The summed E-state index contributed by atoms with van der Waals surface area (Å²) in [7, 11) is -8.93. The first-order valence-electron chi connectivity index (χ1n) is 8.36. The van der Waals surface area contributed by atoms with Gasteiger partial charge in [-0.1, -0.05) is 12.1 Å². The third-order valence-electron chi connectivity index (χ3n) is 4.53. The molecule has 0 aromatic heterocycles. The Morgan fingerprint density at radius 2 is 1.45 bits per heavy atom. The van der Waals surface area contributed by atoms with E-state index in [1.807, 2.05) is 0 Å². The number of hydrogen-bond donors (Lipinski definition) is 1. The molecule has 1 unspecified atom stereocenters. The van der Waals surface area contributed by atoms with E-state index in [0.29, 0.717) is 23.5 Å². The van der Waals surface area contributed by atoms with Gasteiger partial charge < -0.3 is 9.84 Å². The van der Waals surface area contributed by atoms with Crippen LogP contribution >= 0.6 is 0 Å². The van der Waals surface area contributed by atoms with Gasteiger partial charge in [-0.15, -0.1) is 0 Å². The minimum atomic E-state index is -4.56. The maximum absolute atomic E-state index is 13.7. The Bertz CT molecular complexity index is 1190. The van der Waals surface area contributed by atoms with Gasteiger partial charge in [-0.2, -0.15) is 0 Å². The van der Waals surface area contributed by atoms with Gasteiger partial charge in [0.2, 0.25) is 0 Å². The first-order valence-corrected chi connectivity index (χ1v) is 12.3. The van der Waals surface area contributed by atoms with E-state index in [2.05, 4.69) is 0 Å². The van der Waals surface area contributed by atoms with Crippen molar-refractivity contribution in [1.82, 2.24) is 0 Å². The number of halogens is 2. The van der Waals surface area contributed by atoms with Gasteiger partial charge in [0.15, 0.2) is 6.29 Å². The van der Waals surface area contributed by atoms with Gasteiger partial charge in [-0.3, -0.25) is 0 Å². The SMILES string of the molecule is CC1(C)OC(O)C(c2cc(F)cc(F)c2)=C1c1ccc(S(=O)(=O)S(C)(=O)=O)cc1. The Hall–Kier alpha value is -2.14. The molecule has 0 saturated heterocycles. The molecule has 29 heavy (non-hydrogen) atoms. The Balaban J connectivity index is 2.21. The molecule has 1 heterocycles. The Labute approximate surface area is 166 Å². The standard InChI is InChI=1S/C19H18F2O6S2/c1-19(2)17(11-4-6-15(7-5-11)29(25,26)28(3,23)24)16(18(22)27-19)12-8-13(20)10-14(21)9-12/h4-10,18,22H,1-3H3. The van der Waals surface area contributed by atoms with E-state index in [0.717, 1.165) is 24.3 Å². The largest absolute Gasteiger partial charge is 0.364 e. The number of benzene rings is 2. The fourth-order valence-electron chi connectivity index (χ4n) is 3.31. The highest BCUT2D eigenvalue weighted by Gasteiger charge is 2.41. The second kappa shape index (κ2) is 6.98. The van der Waals surface area contributed by atoms with Gasteiger partial charge in [0, 0.05) is 11.6 Å². The lowest BCUT2D eigenvalue weighted by atomic mass is 9.86. The molecule has 1 aliphatic heterocycles. The molecule has 156 valence electrons. The molecule has 10 heteroatoms. The molecule has 6 nitrogen and oxygen atoms in total. The molecule has 2 aromatic rings. The van der Waals surface area contributed by atoms with E-state index in [9.17, 15) is 30.7 Å². The van der Waals surface area contributed by atoms with Gasteiger partial charge in [0.05, 0.1) is 16.8 Å². The lowest BCUT2D eigenvalue weighted by Crippen LogP contribution is -2.24. The zero-order valence-corrected chi connectivity index (χ0v) is 17.3. The summed E-state index contributed by atoms with van der Waals surface area (Å²) in [6.45, 7) is 3.27. The van der Waals surface area contributed by atoms with Crippen molar-refractivity contribution < 1.29 is 35.5 Å². The number of aliphatic hydroxyl groups excluding tert-OH is 1. The van der Waals surface area contributed by atoms with Crippen molar-refractivity contribution in [2.24, 2.45) is 0 Å². The quantitative estimate of drug-likeness (QED) is 0.729. The summed E-state index contributed by atoms with van der Waals surface area (Å²) in [6.07, 6.45) is -0.875. The van der Waals surface area contributed by atoms with Crippen molar-refractivity contribution in [2.75, 3.05) is 6.26 Å². The zero-order valence-electron chi connectivity index (χ0n) is 15.7. The fraction of sp³-hybridized carbons (Fsp3) is 0.263. The van der Waals surface area contributed by atoms with Crippen LogP contribution in [0.25, 0.3) is 11.1 Å². The summed E-state index contributed by atoms with van der Waals surface area (Å²) in [5.41, 5.74) is -0.0816. The normalized spacial score (nSPS) is 19.6. The van der Waals surface area contributed by atoms with E-state index >= 15 is 0 Å². The monoisotopic (exact) mass is 444 g/mol. The van der Waals surface area contributed by atoms with Crippen molar-refractivity contribution in [3.8, 4) is 0 Å². The van der Waals surface area contributed by atoms with E-state index in [1.165, 1.54) is 12.1 Å². The average Bonchev–Trinajstić information content (AvgIpc) is 2.81. The van der Waals surface area contributed by atoms with Crippen LogP contribution in [0.4, 0.5) is 8.78 Å². The molecule has 1 aliphatic rings. The second-order valence-electron chi connectivity index (χ2n) is 7.11.